The lowest BCUT2D eigenvalue weighted by Crippen LogP contribution is -2.16. The van der Waals surface area contributed by atoms with Gasteiger partial charge in [0.25, 0.3) is 5.91 Å². The van der Waals surface area contributed by atoms with Crippen molar-refractivity contribution in [3.8, 4) is 0 Å². The third-order valence-corrected chi connectivity index (χ3v) is 3.14. The van der Waals surface area contributed by atoms with Crippen LogP contribution in [0.3, 0.4) is 0 Å². The molecule has 0 fully saturated rings. The molecule has 1 aromatic heterocycles. The number of nitrogens with two attached hydrogens (primary N) is 1. The Morgan fingerprint density at radius 1 is 1.32 bits per heavy atom. The van der Waals surface area contributed by atoms with Gasteiger partial charge in [-0.3, -0.25) is 9.78 Å². The lowest BCUT2D eigenvalue weighted by atomic mass is 10.1. The first-order valence-corrected chi connectivity index (χ1v) is 6.15. The molecule has 0 aliphatic carbocycles. The number of nitrogen functional groups attached to an aromatic ring is 1. The van der Waals surface area contributed by atoms with Gasteiger partial charge in [0.1, 0.15) is 5.69 Å². The van der Waals surface area contributed by atoms with Crippen LogP contribution >= 0.6 is 11.6 Å². The molecule has 0 atom stereocenters. The minimum atomic E-state index is -0.262. The first-order valence-electron chi connectivity index (χ1n) is 5.77. The van der Waals surface area contributed by atoms with Crippen LogP contribution in [-0.4, -0.2) is 10.9 Å². The van der Waals surface area contributed by atoms with Crippen molar-refractivity contribution in [3.63, 3.8) is 0 Å². The van der Waals surface area contributed by atoms with Gasteiger partial charge in [-0.2, -0.15) is 0 Å². The summed E-state index contributed by atoms with van der Waals surface area (Å²) in [4.78, 5) is 16.2. The molecule has 98 valence electrons. The summed E-state index contributed by atoms with van der Waals surface area (Å²) >= 11 is 5.95. The topological polar surface area (TPSA) is 68.0 Å². The molecule has 1 amide bonds. The van der Waals surface area contributed by atoms with Gasteiger partial charge in [0.05, 0.1) is 10.7 Å². The Morgan fingerprint density at radius 3 is 2.74 bits per heavy atom. The van der Waals surface area contributed by atoms with E-state index in [0.29, 0.717) is 22.1 Å². The molecule has 4 nitrogen and oxygen atoms in total. The highest BCUT2D eigenvalue weighted by Crippen LogP contribution is 2.27. The quantitative estimate of drug-likeness (QED) is 0.827. The number of aryl methyl sites for hydroxylation is 2. The van der Waals surface area contributed by atoms with Crippen molar-refractivity contribution >= 4 is 28.9 Å². The Bertz CT molecular complexity index is 641. The molecular weight excluding hydrogens is 262 g/mol. The van der Waals surface area contributed by atoms with Crippen LogP contribution in [0.15, 0.2) is 30.5 Å². The summed E-state index contributed by atoms with van der Waals surface area (Å²) in [5.74, 6) is -0.262. The number of amides is 1. The van der Waals surface area contributed by atoms with Gasteiger partial charge in [0.2, 0.25) is 0 Å². The van der Waals surface area contributed by atoms with E-state index in [1.807, 2.05) is 19.9 Å². The van der Waals surface area contributed by atoms with Crippen molar-refractivity contribution < 1.29 is 4.79 Å². The summed E-state index contributed by atoms with van der Waals surface area (Å²) in [5.41, 5.74) is 8.89. The molecule has 1 heterocycles. The third kappa shape index (κ3) is 2.85. The molecule has 2 rings (SSSR count). The number of pyridine rings is 1. The van der Waals surface area contributed by atoms with E-state index < -0.39 is 0 Å². The molecule has 0 saturated heterocycles. The van der Waals surface area contributed by atoms with Crippen LogP contribution in [0.25, 0.3) is 0 Å². The van der Waals surface area contributed by atoms with Crippen molar-refractivity contribution in [1.82, 2.24) is 4.98 Å². The average Bonchev–Trinajstić information content (AvgIpc) is 2.36. The van der Waals surface area contributed by atoms with Gasteiger partial charge in [-0.05, 0) is 43.2 Å². The largest absolute Gasteiger partial charge is 0.398 e. The van der Waals surface area contributed by atoms with E-state index in [1.54, 1.807) is 24.4 Å². The maximum Gasteiger partial charge on any atom is 0.274 e. The fourth-order valence-corrected chi connectivity index (χ4v) is 1.91. The minimum absolute atomic E-state index is 0.262. The summed E-state index contributed by atoms with van der Waals surface area (Å²) < 4.78 is 0. The van der Waals surface area contributed by atoms with Crippen LogP contribution < -0.4 is 11.1 Å². The average molecular weight is 276 g/mol. The predicted octanol–water partition coefficient (Wildman–Crippen LogP) is 3.19. The fourth-order valence-electron chi connectivity index (χ4n) is 1.74. The Balaban J connectivity index is 2.30. The molecule has 0 spiro atoms. The molecule has 0 unspecified atom stereocenters. The van der Waals surface area contributed by atoms with E-state index in [-0.39, 0.29) is 5.91 Å². The monoisotopic (exact) mass is 275 g/mol. The summed E-state index contributed by atoms with van der Waals surface area (Å²) in [5, 5.41) is 3.21. The number of nitrogens with zero attached hydrogens (tertiary/aromatic N) is 1. The Hall–Kier alpha value is -2.07. The van der Waals surface area contributed by atoms with Crippen molar-refractivity contribution in [2.24, 2.45) is 0 Å². The predicted molar refractivity (Wildman–Crippen MR) is 77.5 cm³/mol. The van der Waals surface area contributed by atoms with E-state index in [0.717, 1.165) is 11.1 Å². The van der Waals surface area contributed by atoms with Crippen LogP contribution in [0.1, 0.15) is 21.6 Å². The van der Waals surface area contributed by atoms with E-state index in [1.165, 1.54) is 0 Å². The molecule has 0 saturated carbocycles. The number of aromatic nitrogens is 1. The second-order valence-corrected chi connectivity index (χ2v) is 4.72. The number of carbonyl (C=O) groups is 1. The molecule has 1 aromatic carbocycles. The molecule has 5 heteroatoms. The molecular formula is C14H14ClN3O. The van der Waals surface area contributed by atoms with Crippen LogP contribution in [-0.2, 0) is 0 Å². The number of nitrogens with one attached hydrogen (secondary N) is 1. The number of halogens is 1. The SMILES string of the molecule is Cc1cc(N)c(Cl)cc1NC(=O)c1ncccc1C. The molecule has 0 radical (unpaired) electrons. The normalized spacial score (nSPS) is 10.3. The molecule has 3 N–H and O–H groups in total. The first-order chi connectivity index (χ1) is 8.99. The number of carbonyl (C=O) groups excluding carboxylic acids is 1. The van der Waals surface area contributed by atoms with Gasteiger partial charge >= 0.3 is 0 Å². The number of anilines is 2. The summed E-state index contributed by atoms with van der Waals surface area (Å²) in [7, 11) is 0. The Morgan fingerprint density at radius 2 is 2.05 bits per heavy atom. The van der Waals surface area contributed by atoms with Crippen molar-refractivity contribution in [2.45, 2.75) is 13.8 Å². The lowest BCUT2D eigenvalue weighted by Gasteiger charge is -2.11. The summed E-state index contributed by atoms with van der Waals surface area (Å²) in [6.07, 6.45) is 1.59. The zero-order chi connectivity index (χ0) is 14.0. The first kappa shape index (κ1) is 13.4. The van der Waals surface area contributed by atoms with Crippen molar-refractivity contribution in [3.05, 3.63) is 52.3 Å². The minimum Gasteiger partial charge on any atom is -0.398 e. The maximum atomic E-state index is 12.1. The van der Waals surface area contributed by atoms with Gasteiger partial charge in [-0.15, -0.1) is 0 Å². The Labute approximate surface area is 116 Å². The van der Waals surface area contributed by atoms with Gasteiger partial charge in [0, 0.05) is 11.9 Å². The number of hydrogen-bond acceptors (Lipinski definition) is 3. The second-order valence-electron chi connectivity index (χ2n) is 4.31. The molecule has 2 aromatic rings. The molecule has 0 bridgehead atoms. The molecule has 0 aliphatic heterocycles. The van der Waals surface area contributed by atoms with Gasteiger partial charge in [-0.25, -0.2) is 0 Å². The highest BCUT2D eigenvalue weighted by molar-refractivity contribution is 6.33. The van der Waals surface area contributed by atoms with Crippen molar-refractivity contribution in [2.75, 3.05) is 11.1 Å². The van der Waals surface area contributed by atoms with Crippen LogP contribution in [0.4, 0.5) is 11.4 Å². The van der Waals surface area contributed by atoms with Gasteiger partial charge in [-0.1, -0.05) is 17.7 Å². The van der Waals surface area contributed by atoms with Crippen LogP contribution in [0.5, 0.6) is 0 Å². The zero-order valence-corrected chi connectivity index (χ0v) is 11.5. The molecule has 19 heavy (non-hydrogen) atoms. The standard InChI is InChI=1S/C14H14ClN3O/c1-8-4-3-5-17-13(8)14(19)18-12-7-10(15)11(16)6-9(12)2/h3-7H,16H2,1-2H3,(H,18,19). The van der Waals surface area contributed by atoms with E-state index >= 15 is 0 Å². The lowest BCUT2D eigenvalue weighted by molar-refractivity contribution is 0.102. The highest BCUT2D eigenvalue weighted by Gasteiger charge is 2.12. The van der Waals surface area contributed by atoms with Crippen molar-refractivity contribution in [1.29, 1.82) is 0 Å². The highest BCUT2D eigenvalue weighted by atomic mass is 35.5. The van der Waals surface area contributed by atoms with Gasteiger partial charge in [0.15, 0.2) is 0 Å². The maximum absolute atomic E-state index is 12.1. The second kappa shape index (κ2) is 5.28. The number of benzene rings is 1. The fraction of sp³-hybridized carbons (Fsp3) is 0.143. The summed E-state index contributed by atoms with van der Waals surface area (Å²) in [6, 6.07) is 6.99. The van der Waals surface area contributed by atoms with E-state index in [9.17, 15) is 4.79 Å². The van der Waals surface area contributed by atoms with Crippen LogP contribution in [0, 0.1) is 13.8 Å². The number of hydrogen-bond donors (Lipinski definition) is 2. The number of rotatable bonds is 2. The third-order valence-electron chi connectivity index (χ3n) is 2.82. The van der Waals surface area contributed by atoms with Crippen LogP contribution in [0.2, 0.25) is 5.02 Å². The van der Waals surface area contributed by atoms with E-state index in [2.05, 4.69) is 10.3 Å². The summed E-state index contributed by atoms with van der Waals surface area (Å²) in [6.45, 7) is 3.69. The van der Waals surface area contributed by atoms with Gasteiger partial charge < -0.3 is 11.1 Å². The Kier molecular flexibility index (Phi) is 3.71. The smallest absolute Gasteiger partial charge is 0.274 e. The van der Waals surface area contributed by atoms with E-state index in [4.69, 9.17) is 17.3 Å². The zero-order valence-electron chi connectivity index (χ0n) is 10.7. The molecule has 0 aliphatic rings.